The highest BCUT2D eigenvalue weighted by molar-refractivity contribution is 5.48. The molecular weight excluding hydrogens is 258 g/mol. The summed E-state index contributed by atoms with van der Waals surface area (Å²) in [6.45, 7) is 10.6. The molecule has 112 valence electrons. The Hall–Kier alpha value is -1.83. The number of hydrogen-bond acceptors (Lipinski definition) is 2. The molecular formula is C19H25NO. The van der Waals surface area contributed by atoms with Gasteiger partial charge in [-0.1, -0.05) is 43.7 Å². The number of ether oxygens (including phenoxy) is 1. The Bertz CT molecular complexity index is 627. The molecule has 0 N–H and O–H groups in total. The highest BCUT2D eigenvalue weighted by atomic mass is 16.5. The van der Waals surface area contributed by atoms with Crippen LogP contribution < -0.4 is 4.74 Å². The molecule has 0 fully saturated rings. The summed E-state index contributed by atoms with van der Waals surface area (Å²) in [5.74, 6) is 1.38. The van der Waals surface area contributed by atoms with E-state index in [0.717, 1.165) is 29.1 Å². The zero-order valence-electron chi connectivity index (χ0n) is 13.9. The van der Waals surface area contributed by atoms with E-state index in [1.807, 2.05) is 0 Å². The molecule has 21 heavy (non-hydrogen) atoms. The second kappa shape index (κ2) is 6.30. The van der Waals surface area contributed by atoms with E-state index in [9.17, 15) is 0 Å². The molecule has 0 aliphatic heterocycles. The van der Waals surface area contributed by atoms with E-state index in [4.69, 9.17) is 9.72 Å². The van der Waals surface area contributed by atoms with E-state index in [1.165, 1.54) is 16.7 Å². The highest BCUT2D eigenvalue weighted by Crippen LogP contribution is 2.33. The molecule has 0 bridgehead atoms. The molecule has 0 unspecified atom stereocenters. The van der Waals surface area contributed by atoms with E-state index in [2.05, 4.69) is 58.9 Å². The highest BCUT2D eigenvalue weighted by Gasteiger charge is 2.18. The third kappa shape index (κ3) is 3.26. The maximum atomic E-state index is 5.70. The Morgan fingerprint density at radius 2 is 1.67 bits per heavy atom. The Morgan fingerprint density at radius 3 is 2.19 bits per heavy atom. The monoisotopic (exact) mass is 283 g/mol. The SMILES string of the molecule is COc1c(C)c(C)nc(C(C)C)c1Cc1ccc(C)cc1. The second-order valence-corrected chi connectivity index (χ2v) is 6.04. The van der Waals surface area contributed by atoms with Gasteiger partial charge in [-0.15, -0.1) is 0 Å². The number of rotatable bonds is 4. The van der Waals surface area contributed by atoms with Crippen molar-refractivity contribution in [1.82, 2.24) is 4.98 Å². The summed E-state index contributed by atoms with van der Waals surface area (Å²) in [6, 6.07) is 8.69. The van der Waals surface area contributed by atoms with Crippen molar-refractivity contribution in [2.45, 2.75) is 47.0 Å². The molecule has 1 heterocycles. The van der Waals surface area contributed by atoms with Crippen LogP contribution in [-0.2, 0) is 6.42 Å². The third-order valence-electron chi connectivity index (χ3n) is 4.01. The quantitative estimate of drug-likeness (QED) is 0.809. The molecule has 2 nitrogen and oxygen atoms in total. The van der Waals surface area contributed by atoms with Crippen molar-refractivity contribution in [3.63, 3.8) is 0 Å². The molecule has 2 heteroatoms. The van der Waals surface area contributed by atoms with Crippen LogP contribution in [0, 0.1) is 20.8 Å². The van der Waals surface area contributed by atoms with Crippen LogP contribution in [0.5, 0.6) is 5.75 Å². The lowest BCUT2D eigenvalue weighted by molar-refractivity contribution is 0.404. The topological polar surface area (TPSA) is 22.1 Å². The Kier molecular flexibility index (Phi) is 4.66. The molecule has 0 amide bonds. The molecule has 0 saturated carbocycles. The standard InChI is InChI=1S/C19H25NO/c1-12(2)18-17(11-16-9-7-13(3)8-10-16)19(21-6)14(4)15(5)20-18/h7-10,12H,11H2,1-6H3. The first-order chi connectivity index (χ1) is 9.93. The summed E-state index contributed by atoms with van der Waals surface area (Å²) in [6.07, 6.45) is 0.866. The maximum absolute atomic E-state index is 5.70. The third-order valence-corrected chi connectivity index (χ3v) is 4.01. The van der Waals surface area contributed by atoms with Crippen LogP contribution in [0.2, 0.25) is 0 Å². The van der Waals surface area contributed by atoms with Gasteiger partial charge in [0.15, 0.2) is 0 Å². The van der Waals surface area contributed by atoms with E-state index in [1.54, 1.807) is 7.11 Å². The average Bonchev–Trinajstić information content (AvgIpc) is 2.45. The number of hydrogen-bond donors (Lipinski definition) is 0. The van der Waals surface area contributed by atoms with Crippen molar-refractivity contribution >= 4 is 0 Å². The normalized spacial score (nSPS) is 11.0. The molecule has 0 aliphatic rings. The number of benzene rings is 1. The van der Waals surface area contributed by atoms with Gasteiger partial charge in [-0.3, -0.25) is 4.98 Å². The van der Waals surface area contributed by atoms with Gasteiger partial charge in [0.05, 0.1) is 12.8 Å². The lowest BCUT2D eigenvalue weighted by atomic mass is 9.94. The number of methoxy groups -OCH3 is 1. The first kappa shape index (κ1) is 15.6. The summed E-state index contributed by atoms with van der Waals surface area (Å²) >= 11 is 0. The van der Waals surface area contributed by atoms with E-state index >= 15 is 0 Å². The number of pyridine rings is 1. The van der Waals surface area contributed by atoms with Gasteiger partial charge >= 0.3 is 0 Å². The molecule has 0 saturated heterocycles. The number of nitrogens with zero attached hydrogens (tertiary/aromatic N) is 1. The smallest absolute Gasteiger partial charge is 0.128 e. The molecule has 1 aromatic heterocycles. The first-order valence-electron chi connectivity index (χ1n) is 7.53. The number of aryl methyl sites for hydroxylation is 2. The van der Waals surface area contributed by atoms with Gasteiger partial charge in [-0.25, -0.2) is 0 Å². The molecule has 0 aliphatic carbocycles. The average molecular weight is 283 g/mol. The van der Waals surface area contributed by atoms with Gasteiger partial charge in [-0.2, -0.15) is 0 Å². The van der Waals surface area contributed by atoms with Gasteiger partial charge < -0.3 is 4.74 Å². The van der Waals surface area contributed by atoms with Crippen LogP contribution >= 0.6 is 0 Å². The van der Waals surface area contributed by atoms with Gasteiger partial charge in [0.25, 0.3) is 0 Å². The van der Waals surface area contributed by atoms with Crippen LogP contribution in [0.25, 0.3) is 0 Å². The van der Waals surface area contributed by atoms with Crippen molar-refractivity contribution in [3.8, 4) is 5.75 Å². The fourth-order valence-electron chi connectivity index (χ4n) is 2.67. The Labute approximate surface area is 128 Å². The lowest BCUT2D eigenvalue weighted by Crippen LogP contribution is -2.08. The summed E-state index contributed by atoms with van der Waals surface area (Å²) in [5.41, 5.74) is 7.15. The maximum Gasteiger partial charge on any atom is 0.128 e. The Balaban J connectivity index is 2.54. The lowest BCUT2D eigenvalue weighted by Gasteiger charge is -2.19. The van der Waals surface area contributed by atoms with E-state index < -0.39 is 0 Å². The minimum atomic E-state index is 0.388. The molecule has 2 rings (SSSR count). The Morgan fingerprint density at radius 1 is 1.05 bits per heavy atom. The van der Waals surface area contributed by atoms with Crippen molar-refractivity contribution in [2.24, 2.45) is 0 Å². The largest absolute Gasteiger partial charge is 0.496 e. The van der Waals surface area contributed by atoms with Crippen LogP contribution in [0.1, 0.15) is 53.4 Å². The predicted molar refractivity (Wildman–Crippen MR) is 88.3 cm³/mol. The van der Waals surface area contributed by atoms with Gasteiger partial charge in [-0.05, 0) is 32.3 Å². The molecule has 0 radical (unpaired) electrons. The summed E-state index contributed by atoms with van der Waals surface area (Å²) < 4.78 is 5.70. The van der Waals surface area contributed by atoms with Crippen molar-refractivity contribution in [3.05, 3.63) is 57.9 Å². The fraction of sp³-hybridized carbons (Fsp3) is 0.421. The fourth-order valence-corrected chi connectivity index (χ4v) is 2.67. The molecule has 0 spiro atoms. The van der Waals surface area contributed by atoms with Gasteiger partial charge in [0, 0.05) is 23.2 Å². The summed E-state index contributed by atoms with van der Waals surface area (Å²) in [5, 5.41) is 0. The van der Waals surface area contributed by atoms with Crippen LogP contribution in [0.4, 0.5) is 0 Å². The van der Waals surface area contributed by atoms with Crippen LogP contribution in [-0.4, -0.2) is 12.1 Å². The van der Waals surface area contributed by atoms with E-state index in [-0.39, 0.29) is 0 Å². The van der Waals surface area contributed by atoms with Crippen LogP contribution in [0.15, 0.2) is 24.3 Å². The van der Waals surface area contributed by atoms with Gasteiger partial charge in [0.1, 0.15) is 5.75 Å². The molecule has 1 aromatic carbocycles. The second-order valence-electron chi connectivity index (χ2n) is 6.04. The minimum Gasteiger partial charge on any atom is -0.496 e. The zero-order valence-corrected chi connectivity index (χ0v) is 13.9. The van der Waals surface area contributed by atoms with Gasteiger partial charge in [0.2, 0.25) is 0 Å². The van der Waals surface area contributed by atoms with Crippen molar-refractivity contribution in [2.75, 3.05) is 7.11 Å². The van der Waals surface area contributed by atoms with Crippen molar-refractivity contribution in [1.29, 1.82) is 0 Å². The zero-order chi connectivity index (χ0) is 15.6. The predicted octanol–water partition coefficient (Wildman–Crippen LogP) is 4.73. The first-order valence-corrected chi connectivity index (χ1v) is 7.53. The number of aromatic nitrogens is 1. The van der Waals surface area contributed by atoms with Crippen LogP contribution in [0.3, 0.4) is 0 Å². The summed E-state index contributed by atoms with van der Waals surface area (Å²) in [7, 11) is 1.75. The van der Waals surface area contributed by atoms with E-state index in [0.29, 0.717) is 5.92 Å². The molecule has 0 atom stereocenters. The summed E-state index contributed by atoms with van der Waals surface area (Å²) in [4.78, 5) is 4.81. The minimum absolute atomic E-state index is 0.388. The van der Waals surface area contributed by atoms with Crippen molar-refractivity contribution < 1.29 is 4.74 Å². The molecule has 2 aromatic rings.